The SMILES string of the molecule is NC(=O)C1Cc2conc2-c2c3c(nn2C1)CCNC3. The van der Waals surface area contributed by atoms with Gasteiger partial charge in [-0.3, -0.25) is 9.48 Å². The van der Waals surface area contributed by atoms with Crippen LogP contribution in [0.5, 0.6) is 0 Å². The Morgan fingerprint density at radius 2 is 2.45 bits per heavy atom. The van der Waals surface area contributed by atoms with Gasteiger partial charge in [-0.05, 0) is 6.42 Å². The summed E-state index contributed by atoms with van der Waals surface area (Å²) in [4.78, 5) is 11.6. The number of fused-ring (bicyclic) bond motifs is 5. The summed E-state index contributed by atoms with van der Waals surface area (Å²) in [7, 11) is 0. The van der Waals surface area contributed by atoms with E-state index >= 15 is 0 Å². The van der Waals surface area contributed by atoms with Crippen molar-refractivity contribution in [2.24, 2.45) is 11.7 Å². The van der Waals surface area contributed by atoms with E-state index in [1.165, 1.54) is 0 Å². The molecule has 1 atom stereocenters. The van der Waals surface area contributed by atoms with Gasteiger partial charge in [0.15, 0.2) is 0 Å². The van der Waals surface area contributed by atoms with Crippen molar-refractivity contribution in [3.63, 3.8) is 0 Å². The van der Waals surface area contributed by atoms with E-state index in [-0.39, 0.29) is 11.8 Å². The van der Waals surface area contributed by atoms with Crippen LogP contribution < -0.4 is 11.1 Å². The highest BCUT2D eigenvalue weighted by atomic mass is 16.5. The highest BCUT2D eigenvalue weighted by molar-refractivity contribution is 5.78. The van der Waals surface area contributed by atoms with Gasteiger partial charge in [-0.2, -0.15) is 5.10 Å². The monoisotopic (exact) mass is 273 g/mol. The van der Waals surface area contributed by atoms with E-state index in [2.05, 4.69) is 15.6 Å². The van der Waals surface area contributed by atoms with Gasteiger partial charge in [0.25, 0.3) is 0 Å². The van der Waals surface area contributed by atoms with E-state index in [1.807, 2.05) is 4.68 Å². The maximum absolute atomic E-state index is 11.6. The molecule has 0 saturated carbocycles. The molecular formula is C13H15N5O2. The van der Waals surface area contributed by atoms with Gasteiger partial charge in [0, 0.05) is 30.6 Å². The molecule has 0 radical (unpaired) electrons. The zero-order valence-corrected chi connectivity index (χ0v) is 10.9. The quantitative estimate of drug-likeness (QED) is 0.752. The van der Waals surface area contributed by atoms with Crippen molar-refractivity contribution in [2.75, 3.05) is 6.54 Å². The summed E-state index contributed by atoms with van der Waals surface area (Å²) < 4.78 is 6.98. The predicted octanol–water partition coefficient (Wildman–Crippen LogP) is -0.159. The van der Waals surface area contributed by atoms with Gasteiger partial charge in [-0.15, -0.1) is 0 Å². The standard InChI is InChI=1S/C13H15N5O2/c14-13(19)7-3-8-6-20-17-11(8)12-9-4-15-2-1-10(9)16-18(12)5-7/h6-7,15H,1-5H2,(H2,14,19). The first kappa shape index (κ1) is 11.7. The third kappa shape index (κ3) is 1.59. The summed E-state index contributed by atoms with van der Waals surface area (Å²) in [5.74, 6) is -0.583. The van der Waals surface area contributed by atoms with Crippen molar-refractivity contribution in [1.82, 2.24) is 20.3 Å². The van der Waals surface area contributed by atoms with E-state index in [9.17, 15) is 4.79 Å². The highest BCUT2D eigenvalue weighted by Crippen LogP contribution is 2.34. The van der Waals surface area contributed by atoms with Crippen LogP contribution in [0.2, 0.25) is 0 Å². The molecule has 1 amide bonds. The number of rotatable bonds is 1. The molecule has 1 unspecified atom stereocenters. The van der Waals surface area contributed by atoms with Crippen LogP contribution >= 0.6 is 0 Å². The molecule has 7 nitrogen and oxygen atoms in total. The number of carbonyl (C=O) groups excluding carboxylic acids is 1. The van der Waals surface area contributed by atoms with Crippen molar-refractivity contribution >= 4 is 5.91 Å². The molecule has 4 heterocycles. The minimum Gasteiger partial charge on any atom is -0.369 e. The number of hydrogen-bond donors (Lipinski definition) is 2. The second kappa shape index (κ2) is 4.17. The lowest BCUT2D eigenvalue weighted by Gasteiger charge is -2.12. The summed E-state index contributed by atoms with van der Waals surface area (Å²) in [5, 5.41) is 12.1. The molecule has 0 spiro atoms. The second-order valence-corrected chi connectivity index (χ2v) is 5.37. The molecule has 4 rings (SSSR count). The number of nitrogens with one attached hydrogen (secondary N) is 1. The number of nitrogens with two attached hydrogens (primary N) is 1. The molecule has 2 aliphatic heterocycles. The Morgan fingerprint density at radius 1 is 1.55 bits per heavy atom. The van der Waals surface area contributed by atoms with Gasteiger partial charge in [0.05, 0.1) is 23.9 Å². The van der Waals surface area contributed by atoms with Crippen molar-refractivity contribution in [1.29, 1.82) is 0 Å². The highest BCUT2D eigenvalue weighted by Gasteiger charge is 2.32. The van der Waals surface area contributed by atoms with E-state index in [4.69, 9.17) is 10.3 Å². The number of nitrogens with zero attached hydrogens (tertiary/aromatic N) is 3. The lowest BCUT2D eigenvalue weighted by Crippen LogP contribution is -2.28. The van der Waals surface area contributed by atoms with Crippen LogP contribution in [0.3, 0.4) is 0 Å². The molecule has 0 fully saturated rings. The largest absolute Gasteiger partial charge is 0.369 e. The minimum atomic E-state index is -0.309. The van der Waals surface area contributed by atoms with Gasteiger partial charge in [0.1, 0.15) is 12.0 Å². The van der Waals surface area contributed by atoms with Gasteiger partial charge in [-0.1, -0.05) is 5.16 Å². The summed E-state index contributed by atoms with van der Waals surface area (Å²) in [5.41, 5.74) is 10.4. The van der Waals surface area contributed by atoms with Gasteiger partial charge >= 0.3 is 0 Å². The summed E-state index contributed by atoms with van der Waals surface area (Å²) in [6, 6.07) is 0. The van der Waals surface area contributed by atoms with Crippen LogP contribution in [0.4, 0.5) is 0 Å². The summed E-state index contributed by atoms with van der Waals surface area (Å²) in [6.07, 6.45) is 3.06. The van der Waals surface area contributed by atoms with Crippen molar-refractivity contribution in [2.45, 2.75) is 25.9 Å². The second-order valence-electron chi connectivity index (χ2n) is 5.37. The van der Waals surface area contributed by atoms with Crippen LogP contribution in [0.1, 0.15) is 16.8 Å². The molecule has 7 heteroatoms. The molecule has 0 saturated heterocycles. The number of aromatic nitrogens is 3. The molecule has 0 bridgehead atoms. The average Bonchev–Trinajstić information content (AvgIpc) is 2.98. The molecule has 104 valence electrons. The fourth-order valence-electron chi connectivity index (χ4n) is 3.08. The maximum Gasteiger partial charge on any atom is 0.222 e. The fourth-order valence-corrected chi connectivity index (χ4v) is 3.08. The van der Waals surface area contributed by atoms with Gasteiger partial charge in [0.2, 0.25) is 5.91 Å². The van der Waals surface area contributed by atoms with E-state index in [1.54, 1.807) is 6.26 Å². The number of carbonyl (C=O) groups is 1. The predicted molar refractivity (Wildman–Crippen MR) is 69.5 cm³/mol. The van der Waals surface area contributed by atoms with Gasteiger partial charge < -0.3 is 15.6 Å². The third-order valence-corrected chi connectivity index (χ3v) is 4.10. The number of hydrogen-bond acceptors (Lipinski definition) is 5. The molecule has 0 aromatic carbocycles. The van der Waals surface area contributed by atoms with Crippen LogP contribution in [-0.4, -0.2) is 27.4 Å². The zero-order valence-electron chi connectivity index (χ0n) is 10.9. The summed E-state index contributed by atoms with van der Waals surface area (Å²) in [6.45, 7) is 2.21. The van der Waals surface area contributed by atoms with E-state index in [0.29, 0.717) is 13.0 Å². The van der Waals surface area contributed by atoms with E-state index in [0.717, 1.165) is 47.7 Å². The first-order valence-corrected chi connectivity index (χ1v) is 6.76. The molecular weight excluding hydrogens is 258 g/mol. The average molecular weight is 273 g/mol. The van der Waals surface area contributed by atoms with Crippen LogP contribution in [0, 0.1) is 5.92 Å². The number of amides is 1. The zero-order chi connectivity index (χ0) is 13.7. The minimum absolute atomic E-state index is 0.274. The van der Waals surface area contributed by atoms with E-state index < -0.39 is 0 Å². The van der Waals surface area contributed by atoms with Gasteiger partial charge in [-0.25, -0.2) is 0 Å². The summed E-state index contributed by atoms with van der Waals surface area (Å²) >= 11 is 0. The van der Waals surface area contributed by atoms with Crippen molar-refractivity contribution in [3.05, 3.63) is 23.1 Å². The topological polar surface area (TPSA) is 99.0 Å². The van der Waals surface area contributed by atoms with Crippen molar-refractivity contribution in [3.8, 4) is 11.4 Å². The Bertz CT molecular complexity index is 687. The first-order valence-electron chi connectivity index (χ1n) is 6.76. The Balaban J connectivity index is 1.93. The van der Waals surface area contributed by atoms with Crippen molar-refractivity contribution < 1.29 is 9.32 Å². The Kier molecular flexibility index (Phi) is 2.43. The Morgan fingerprint density at radius 3 is 3.30 bits per heavy atom. The van der Waals surface area contributed by atoms with Crippen LogP contribution in [0.15, 0.2) is 10.8 Å². The maximum atomic E-state index is 11.6. The fraction of sp³-hybridized carbons (Fsp3) is 0.462. The number of primary amides is 1. The third-order valence-electron chi connectivity index (χ3n) is 4.10. The molecule has 2 aromatic rings. The lowest BCUT2D eigenvalue weighted by atomic mass is 9.99. The Hall–Kier alpha value is -2.15. The molecule has 2 aromatic heterocycles. The first-order chi connectivity index (χ1) is 9.74. The smallest absolute Gasteiger partial charge is 0.222 e. The molecule has 0 aliphatic carbocycles. The normalized spacial score (nSPS) is 20.7. The lowest BCUT2D eigenvalue weighted by molar-refractivity contribution is -0.122. The Labute approximate surface area is 115 Å². The molecule has 20 heavy (non-hydrogen) atoms. The van der Waals surface area contributed by atoms with Crippen LogP contribution in [0.25, 0.3) is 11.4 Å². The van der Waals surface area contributed by atoms with Crippen LogP contribution in [-0.2, 0) is 30.7 Å². The molecule has 2 aliphatic rings. The molecule has 3 N–H and O–H groups in total.